The van der Waals surface area contributed by atoms with Crippen LogP contribution in [0, 0.1) is 0 Å². The molecule has 2 N–H and O–H groups in total. The molecule has 26 heavy (non-hydrogen) atoms. The average molecular weight is 354 g/mol. The van der Waals surface area contributed by atoms with E-state index < -0.39 is 0 Å². The third kappa shape index (κ3) is 2.30. The molecule has 8 nitrogen and oxygen atoms in total. The van der Waals surface area contributed by atoms with Crippen molar-refractivity contribution in [3.8, 4) is 23.0 Å². The number of fused-ring (bicyclic) bond motifs is 3. The number of nitrogens with zero attached hydrogens (tertiary/aromatic N) is 2. The zero-order valence-corrected chi connectivity index (χ0v) is 14.8. The van der Waals surface area contributed by atoms with Gasteiger partial charge in [0, 0.05) is 0 Å². The molecule has 3 aromatic rings. The second kappa shape index (κ2) is 6.14. The van der Waals surface area contributed by atoms with Gasteiger partial charge in [-0.25, -0.2) is 9.97 Å². The first kappa shape index (κ1) is 16.1. The molecule has 0 saturated carbocycles. The topological polar surface area (TPSA) is 86.8 Å². The van der Waals surface area contributed by atoms with Crippen molar-refractivity contribution in [2.45, 2.75) is 0 Å². The molecule has 4 rings (SSSR count). The number of hydrogen-bond acceptors (Lipinski definition) is 8. The Bertz CT molecular complexity index is 927. The third-order valence-corrected chi connectivity index (χ3v) is 4.24. The first-order valence-electron chi connectivity index (χ1n) is 7.92. The van der Waals surface area contributed by atoms with Crippen LogP contribution in [-0.4, -0.2) is 38.4 Å². The molecule has 1 aromatic heterocycles. The Hall–Kier alpha value is -3.42. The van der Waals surface area contributed by atoms with Gasteiger partial charge < -0.3 is 29.6 Å². The number of ether oxygens (including phenoxy) is 4. The van der Waals surface area contributed by atoms with Gasteiger partial charge in [0.2, 0.25) is 0 Å². The van der Waals surface area contributed by atoms with Crippen molar-refractivity contribution in [3.63, 3.8) is 0 Å². The summed E-state index contributed by atoms with van der Waals surface area (Å²) in [4.78, 5) is 9.37. The van der Waals surface area contributed by atoms with Crippen molar-refractivity contribution in [3.05, 3.63) is 24.3 Å². The second-order valence-corrected chi connectivity index (χ2v) is 5.56. The molecule has 0 unspecified atom stereocenters. The smallest absolute Gasteiger partial charge is 0.174 e. The summed E-state index contributed by atoms with van der Waals surface area (Å²) in [5, 5.41) is 6.56. The van der Waals surface area contributed by atoms with Gasteiger partial charge in [-0.3, -0.25) is 0 Å². The van der Waals surface area contributed by atoms with Gasteiger partial charge in [0.05, 0.1) is 28.4 Å². The average Bonchev–Trinajstić information content (AvgIpc) is 2.69. The van der Waals surface area contributed by atoms with Crippen LogP contribution in [0.4, 0.5) is 23.0 Å². The zero-order chi connectivity index (χ0) is 18.3. The van der Waals surface area contributed by atoms with Crippen LogP contribution < -0.4 is 29.6 Å². The molecule has 1 aliphatic heterocycles. The summed E-state index contributed by atoms with van der Waals surface area (Å²) in [6.45, 7) is 0. The summed E-state index contributed by atoms with van der Waals surface area (Å²) in [5.74, 6) is 3.67. The van der Waals surface area contributed by atoms with E-state index >= 15 is 0 Å². The molecule has 0 saturated heterocycles. The lowest BCUT2D eigenvalue weighted by molar-refractivity contribution is 0.406. The molecule has 0 spiro atoms. The van der Waals surface area contributed by atoms with Gasteiger partial charge in [0.15, 0.2) is 11.6 Å². The van der Waals surface area contributed by atoms with Gasteiger partial charge in [0.1, 0.15) is 45.4 Å². The maximum atomic E-state index is 5.45. The minimum Gasteiger partial charge on any atom is -0.494 e. The molecule has 0 aliphatic carbocycles. The van der Waals surface area contributed by atoms with Gasteiger partial charge in [-0.15, -0.1) is 0 Å². The third-order valence-electron chi connectivity index (χ3n) is 4.24. The number of methoxy groups -OCH3 is 4. The van der Waals surface area contributed by atoms with E-state index in [4.69, 9.17) is 18.9 Å². The SMILES string of the molecule is COc1ccc(OC)c2c1Nc1nc3c(OC)ccc(OC)c3nc1N2. The van der Waals surface area contributed by atoms with Crippen LogP contribution in [-0.2, 0) is 0 Å². The zero-order valence-electron chi connectivity index (χ0n) is 14.8. The fourth-order valence-corrected chi connectivity index (χ4v) is 2.98. The summed E-state index contributed by atoms with van der Waals surface area (Å²) >= 11 is 0. The maximum Gasteiger partial charge on any atom is 0.174 e. The monoisotopic (exact) mass is 354 g/mol. The quantitative estimate of drug-likeness (QED) is 0.576. The summed E-state index contributed by atoms with van der Waals surface area (Å²) < 4.78 is 21.7. The molecule has 0 amide bonds. The summed E-state index contributed by atoms with van der Waals surface area (Å²) in [6, 6.07) is 7.26. The Morgan fingerprint density at radius 2 is 0.923 bits per heavy atom. The molecule has 1 aliphatic rings. The second-order valence-electron chi connectivity index (χ2n) is 5.56. The van der Waals surface area contributed by atoms with E-state index in [2.05, 4.69) is 20.6 Å². The van der Waals surface area contributed by atoms with Crippen molar-refractivity contribution in [2.75, 3.05) is 39.1 Å². The first-order valence-corrected chi connectivity index (χ1v) is 7.92. The molecule has 134 valence electrons. The van der Waals surface area contributed by atoms with E-state index in [0.717, 1.165) is 11.4 Å². The predicted molar refractivity (Wildman–Crippen MR) is 98.8 cm³/mol. The molecule has 0 atom stereocenters. The van der Waals surface area contributed by atoms with E-state index in [1.807, 2.05) is 12.1 Å². The van der Waals surface area contributed by atoms with E-state index in [1.165, 1.54) is 0 Å². The van der Waals surface area contributed by atoms with Crippen LogP contribution in [0.2, 0.25) is 0 Å². The Labute approximate surface area is 150 Å². The number of rotatable bonds is 4. The van der Waals surface area contributed by atoms with E-state index in [0.29, 0.717) is 45.7 Å². The molecule has 2 aromatic carbocycles. The Kier molecular flexibility index (Phi) is 3.80. The van der Waals surface area contributed by atoms with Crippen molar-refractivity contribution < 1.29 is 18.9 Å². The van der Waals surface area contributed by atoms with Crippen LogP contribution >= 0.6 is 0 Å². The number of hydrogen-bond donors (Lipinski definition) is 2. The van der Waals surface area contributed by atoms with Gasteiger partial charge in [-0.05, 0) is 24.3 Å². The van der Waals surface area contributed by atoms with Gasteiger partial charge >= 0.3 is 0 Å². The van der Waals surface area contributed by atoms with Gasteiger partial charge in [0.25, 0.3) is 0 Å². The highest BCUT2D eigenvalue weighted by atomic mass is 16.5. The highest BCUT2D eigenvalue weighted by Crippen LogP contribution is 2.48. The Morgan fingerprint density at radius 1 is 0.577 bits per heavy atom. The van der Waals surface area contributed by atoms with Crippen molar-refractivity contribution in [1.29, 1.82) is 0 Å². The largest absolute Gasteiger partial charge is 0.494 e. The lowest BCUT2D eigenvalue weighted by Crippen LogP contribution is -2.12. The van der Waals surface area contributed by atoms with Crippen LogP contribution in [0.25, 0.3) is 11.0 Å². The maximum absolute atomic E-state index is 5.45. The highest BCUT2D eigenvalue weighted by molar-refractivity contribution is 5.97. The van der Waals surface area contributed by atoms with Crippen molar-refractivity contribution >= 4 is 34.0 Å². The van der Waals surface area contributed by atoms with E-state index in [-0.39, 0.29) is 0 Å². The molecule has 2 heterocycles. The predicted octanol–water partition coefficient (Wildman–Crippen LogP) is 3.46. The fraction of sp³-hybridized carbons (Fsp3) is 0.222. The number of nitrogens with one attached hydrogen (secondary N) is 2. The van der Waals surface area contributed by atoms with Crippen LogP contribution in [0.5, 0.6) is 23.0 Å². The first-order chi connectivity index (χ1) is 12.7. The van der Waals surface area contributed by atoms with Crippen LogP contribution in [0.3, 0.4) is 0 Å². The van der Waals surface area contributed by atoms with Crippen LogP contribution in [0.15, 0.2) is 24.3 Å². The lowest BCUT2D eigenvalue weighted by atomic mass is 10.2. The summed E-state index contributed by atoms with van der Waals surface area (Å²) in [5.41, 5.74) is 2.67. The van der Waals surface area contributed by atoms with Crippen molar-refractivity contribution in [2.24, 2.45) is 0 Å². The number of aromatic nitrogens is 2. The summed E-state index contributed by atoms with van der Waals surface area (Å²) in [7, 11) is 6.41. The molecule has 0 fully saturated rings. The Morgan fingerprint density at radius 3 is 1.27 bits per heavy atom. The molecular formula is C18H18N4O4. The van der Waals surface area contributed by atoms with Gasteiger partial charge in [-0.1, -0.05) is 0 Å². The van der Waals surface area contributed by atoms with Crippen LogP contribution in [0.1, 0.15) is 0 Å². The van der Waals surface area contributed by atoms with Crippen molar-refractivity contribution in [1.82, 2.24) is 9.97 Å². The molecule has 8 heteroatoms. The minimum atomic E-state index is 0.558. The number of anilines is 4. The molecular weight excluding hydrogens is 336 g/mol. The van der Waals surface area contributed by atoms with E-state index in [9.17, 15) is 0 Å². The van der Waals surface area contributed by atoms with Gasteiger partial charge in [-0.2, -0.15) is 0 Å². The highest BCUT2D eigenvalue weighted by Gasteiger charge is 2.25. The molecule has 0 bridgehead atoms. The minimum absolute atomic E-state index is 0.558. The molecule has 0 radical (unpaired) electrons. The Balaban J connectivity index is 1.93. The standard InChI is InChI=1S/C18H18N4O4/c1-23-9-5-6-10(24-2)14-13(9)19-17-18(20-14)22-16-12(26-4)8-7-11(25-3)15(16)21-17/h5-8H,1-4H3,(H,19,21)(H,20,22). The normalized spacial score (nSPS) is 11.7. The van der Waals surface area contributed by atoms with E-state index in [1.54, 1.807) is 40.6 Å². The lowest BCUT2D eigenvalue weighted by Gasteiger charge is -2.25. The fourth-order valence-electron chi connectivity index (χ4n) is 2.98. The summed E-state index contributed by atoms with van der Waals surface area (Å²) in [6.07, 6.45) is 0. The number of benzene rings is 2.